The van der Waals surface area contributed by atoms with Gasteiger partial charge in [-0.1, -0.05) is 41.9 Å². The Morgan fingerprint density at radius 1 is 1.19 bits per heavy atom. The normalized spacial score (nSPS) is 16.5. The number of hydrogen-bond acceptors (Lipinski definition) is 4. The molecule has 8 heteroatoms. The Hall–Kier alpha value is -2.09. The number of piperidine rings is 1. The van der Waals surface area contributed by atoms with Crippen molar-refractivity contribution in [2.75, 3.05) is 19.7 Å². The fourth-order valence-electron chi connectivity index (χ4n) is 3.92. The number of rotatable bonds is 9. The molecule has 1 heterocycles. The quantitative estimate of drug-likeness (QED) is 0.583. The number of carbonyl (C=O) groups is 1. The van der Waals surface area contributed by atoms with Crippen LogP contribution in [-0.4, -0.2) is 44.4 Å². The van der Waals surface area contributed by atoms with Crippen LogP contribution in [-0.2, 0) is 21.2 Å². The Balaban J connectivity index is 1.55. The molecule has 1 fully saturated rings. The molecule has 0 aliphatic carbocycles. The fraction of sp³-hybridized carbons (Fsp3) is 0.458. The van der Waals surface area contributed by atoms with Gasteiger partial charge in [0.15, 0.2) is 0 Å². The van der Waals surface area contributed by atoms with Gasteiger partial charge in [0.05, 0.1) is 6.61 Å². The van der Waals surface area contributed by atoms with E-state index in [9.17, 15) is 13.2 Å². The number of carbonyl (C=O) groups excluding carboxylic acids is 1. The average molecular weight is 479 g/mol. The second-order valence-corrected chi connectivity index (χ2v) is 10.5. The van der Waals surface area contributed by atoms with Crippen LogP contribution in [0.5, 0.6) is 5.75 Å². The summed E-state index contributed by atoms with van der Waals surface area (Å²) in [7, 11) is -3.76. The summed E-state index contributed by atoms with van der Waals surface area (Å²) < 4.78 is 33.3. The second-order valence-electron chi connectivity index (χ2n) is 8.14. The summed E-state index contributed by atoms with van der Waals surface area (Å²) in [6, 6.07) is 14.9. The zero-order chi connectivity index (χ0) is 23.1. The monoisotopic (exact) mass is 478 g/mol. The van der Waals surface area contributed by atoms with Gasteiger partial charge < -0.3 is 10.1 Å². The Morgan fingerprint density at radius 3 is 2.53 bits per heavy atom. The lowest BCUT2D eigenvalue weighted by atomic mass is 9.96. The Bertz CT molecular complexity index is 1010. The van der Waals surface area contributed by atoms with E-state index in [0.717, 1.165) is 12.8 Å². The van der Waals surface area contributed by atoms with Gasteiger partial charge in [-0.3, -0.25) is 4.79 Å². The Kier molecular flexibility index (Phi) is 8.57. The first kappa shape index (κ1) is 24.6. The first-order valence-corrected chi connectivity index (χ1v) is 12.9. The molecule has 0 saturated carbocycles. The first-order valence-electron chi connectivity index (χ1n) is 11.1. The van der Waals surface area contributed by atoms with Crippen LogP contribution < -0.4 is 10.1 Å². The number of benzene rings is 2. The maximum atomic E-state index is 13.2. The molecule has 1 amide bonds. The van der Waals surface area contributed by atoms with Gasteiger partial charge in [-0.2, -0.15) is 4.31 Å². The third-order valence-corrected chi connectivity index (χ3v) is 7.90. The number of hydrogen-bond donors (Lipinski definition) is 1. The number of halogens is 1. The molecule has 0 aromatic heterocycles. The van der Waals surface area contributed by atoms with Gasteiger partial charge >= 0.3 is 0 Å². The maximum absolute atomic E-state index is 13.2. The second kappa shape index (κ2) is 11.2. The molecule has 0 spiro atoms. The Labute approximate surface area is 196 Å². The van der Waals surface area contributed by atoms with Gasteiger partial charge in [0.25, 0.3) is 0 Å². The van der Waals surface area contributed by atoms with Gasteiger partial charge in [0, 0.05) is 30.1 Å². The van der Waals surface area contributed by atoms with Crippen LogP contribution in [0.15, 0.2) is 53.4 Å². The molecule has 3 rings (SSSR count). The molecular formula is C24H31ClN2O4S. The average Bonchev–Trinajstić information content (AvgIpc) is 2.79. The third-order valence-electron chi connectivity index (χ3n) is 5.75. The predicted octanol–water partition coefficient (Wildman–Crippen LogP) is 4.28. The van der Waals surface area contributed by atoms with Gasteiger partial charge in [-0.25, -0.2) is 8.42 Å². The van der Waals surface area contributed by atoms with Crippen LogP contribution in [0.3, 0.4) is 0 Å². The van der Waals surface area contributed by atoms with Crippen LogP contribution in [0.4, 0.5) is 0 Å². The molecule has 1 N–H and O–H groups in total. The van der Waals surface area contributed by atoms with Crippen molar-refractivity contribution in [3.05, 3.63) is 59.1 Å². The Morgan fingerprint density at radius 2 is 1.88 bits per heavy atom. The van der Waals surface area contributed by atoms with Gasteiger partial charge in [-0.15, -0.1) is 0 Å². The minimum absolute atomic E-state index is 0.000343. The standard InChI is InChI=1S/C24H31ClN2O4S/c1-3-31-22-12-11-21(25)17-23(22)32(29,30)27-15-13-20(14-16-27)24(28)26-18(2)9-10-19-7-5-4-6-8-19/h4-8,11-12,17-18,20H,3,9-10,13-16H2,1-2H3,(H,26,28)/t18-/m1/s1. The van der Waals surface area contributed by atoms with Crippen molar-refractivity contribution < 1.29 is 17.9 Å². The van der Waals surface area contributed by atoms with E-state index in [4.69, 9.17) is 16.3 Å². The van der Waals surface area contributed by atoms with Crippen molar-refractivity contribution in [2.45, 2.75) is 50.5 Å². The number of amides is 1. The smallest absolute Gasteiger partial charge is 0.246 e. The van der Waals surface area contributed by atoms with Crippen LogP contribution >= 0.6 is 11.6 Å². The minimum atomic E-state index is -3.76. The lowest BCUT2D eigenvalue weighted by Crippen LogP contribution is -2.44. The summed E-state index contributed by atoms with van der Waals surface area (Å²) in [5.41, 5.74) is 1.25. The van der Waals surface area contributed by atoms with Crippen molar-refractivity contribution >= 4 is 27.5 Å². The summed E-state index contributed by atoms with van der Waals surface area (Å²) in [5.74, 6) is 0.107. The SMILES string of the molecule is CCOc1ccc(Cl)cc1S(=O)(=O)N1CCC(C(=O)N[C@H](C)CCc2ccccc2)CC1. The van der Waals surface area contributed by atoms with Crippen molar-refractivity contribution in [1.82, 2.24) is 9.62 Å². The lowest BCUT2D eigenvalue weighted by molar-refractivity contribution is -0.126. The molecule has 32 heavy (non-hydrogen) atoms. The van der Waals surface area contributed by atoms with Crippen LogP contribution in [0.2, 0.25) is 5.02 Å². The summed E-state index contributed by atoms with van der Waals surface area (Å²) in [6.07, 6.45) is 2.74. The zero-order valence-electron chi connectivity index (χ0n) is 18.6. The molecule has 1 saturated heterocycles. The van der Waals surface area contributed by atoms with E-state index in [-0.39, 0.29) is 35.9 Å². The number of ether oxygens (including phenoxy) is 1. The van der Waals surface area contributed by atoms with E-state index in [1.54, 1.807) is 19.1 Å². The summed E-state index contributed by atoms with van der Waals surface area (Å²) in [4.78, 5) is 12.8. The number of nitrogens with one attached hydrogen (secondary N) is 1. The van der Waals surface area contributed by atoms with Crippen molar-refractivity contribution in [3.63, 3.8) is 0 Å². The largest absolute Gasteiger partial charge is 0.492 e. The molecule has 2 aromatic carbocycles. The molecule has 0 unspecified atom stereocenters. The number of nitrogens with zero attached hydrogens (tertiary/aromatic N) is 1. The molecule has 0 radical (unpaired) electrons. The molecular weight excluding hydrogens is 448 g/mol. The van der Waals surface area contributed by atoms with Crippen molar-refractivity contribution in [3.8, 4) is 5.75 Å². The number of sulfonamides is 1. The van der Waals surface area contributed by atoms with E-state index < -0.39 is 10.0 Å². The molecule has 0 bridgehead atoms. The van der Waals surface area contributed by atoms with Gasteiger partial charge in [0.2, 0.25) is 15.9 Å². The van der Waals surface area contributed by atoms with Crippen LogP contribution in [0.1, 0.15) is 38.7 Å². The van der Waals surface area contributed by atoms with E-state index in [1.165, 1.54) is 15.9 Å². The van der Waals surface area contributed by atoms with E-state index >= 15 is 0 Å². The molecule has 6 nitrogen and oxygen atoms in total. The molecule has 1 aliphatic heterocycles. The highest BCUT2D eigenvalue weighted by molar-refractivity contribution is 7.89. The number of aryl methyl sites for hydroxylation is 1. The molecule has 2 aromatic rings. The van der Waals surface area contributed by atoms with Crippen LogP contribution in [0.25, 0.3) is 0 Å². The van der Waals surface area contributed by atoms with E-state index in [0.29, 0.717) is 30.2 Å². The van der Waals surface area contributed by atoms with E-state index in [1.807, 2.05) is 25.1 Å². The maximum Gasteiger partial charge on any atom is 0.246 e. The first-order chi connectivity index (χ1) is 15.3. The summed E-state index contributed by atoms with van der Waals surface area (Å²) in [5, 5.41) is 3.43. The molecule has 1 aliphatic rings. The highest BCUT2D eigenvalue weighted by atomic mass is 35.5. The van der Waals surface area contributed by atoms with Crippen LogP contribution in [0, 0.1) is 5.92 Å². The zero-order valence-corrected chi connectivity index (χ0v) is 20.2. The summed E-state index contributed by atoms with van der Waals surface area (Å²) in [6.45, 7) is 4.74. The van der Waals surface area contributed by atoms with Crippen molar-refractivity contribution in [2.24, 2.45) is 5.92 Å². The highest BCUT2D eigenvalue weighted by Gasteiger charge is 2.34. The van der Waals surface area contributed by atoms with Crippen molar-refractivity contribution in [1.29, 1.82) is 0 Å². The third kappa shape index (κ3) is 6.24. The predicted molar refractivity (Wildman–Crippen MR) is 126 cm³/mol. The molecule has 1 atom stereocenters. The van der Waals surface area contributed by atoms with E-state index in [2.05, 4.69) is 17.4 Å². The summed E-state index contributed by atoms with van der Waals surface area (Å²) >= 11 is 6.05. The van der Waals surface area contributed by atoms with Gasteiger partial charge in [0.1, 0.15) is 10.6 Å². The minimum Gasteiger partial charge on any atom is -0.492 e. The fourth-order valence-corrected chi connectivity index (χ4v) is 5.78. The highest BCUT2D eigenvalue weighted by Crippen LogP contribution is 2.32. The molecule has 174 valence electrons. The lowest BCUT2D eigenvalue weighted by Gasteiger charge is -2.31. The topological polar surface area (TPSA) is 75.7 Å². The van der Waals surface area contributed by atoms with Gasteiger partial charge in [-0.05, 0) is 63.3 Å².